The van der Waals surface area contributed by atoms with Crippen LogP contribution in [0.4, 0.5) is 5.69 Å². The van der Waals surface area contributed by atoms with E-state index in [9.17, 15) is 9.59 Å². The highest BCUT2D eigenvalue weighted by Gasteiger charge is 2.19. The van der Waals surface area contributed by atoms with E-state index in [4.69, 9.17) is 4.74 Å². The third kappa shape index (κ3) is 4.47. The van der Waals surface area contributed by atoms with E-state index in [2.05, 4.69) is 10.6 Å². The van der Waals surface area contributed by atoms with Gasteiger partial charge in [0.15, 0.2) is 0 Å². The van der Waals surface area contributed by atoms with Gasteiger partial charge in [-0.2, -0.15) is 0 Å². The standard InChI is InChI=1S/C27H24N2O3/c1-18(19-10-4-3-5-11-19)28-26(30)22-14-8-9-15-24(22)29-27(31)23-16-20-12-6-7-13-21(20)17-25(23)32-2/h3-18H,1-2H3,(H,28,30)(H,29,31)/t18-/m1/s1. The van der Waals surface area contributed by atoms with Crippen molar-refractivity contribution in [3.05, 3.63) is 108 Å². The number of hydrogen-bond donors (Lipinski definition) is 2. The van der Waals surface area contributed by atoms with Crippen LogP contribution in [0.15, 0.2) is 91.0 Å². The Balaban J connectivity index is 1.59. The normalized spacial score (nSPS) is 11.6. The van der Waals surface area contributed by atoms with Crippen molar-refractivity contribution < 1.29 is 14.3 Å². The van der Waals surface area contributed by atoms with Crippen molar-refractivity contribution in [3.8, 4) is 5.75 Å². The van der Waals surface area contributed by atoms with Gasteiger partial charge in [-0.1, -0.05) is 66.7 Å². The van der Waals surface area contributed by atoms with E-state index in [1.165, 1.54) is 7.11 Å². The fraction of sp³-hybridized carbons (Fsp3) is 0.111. The van der Waals surface area contributed by atoms with Gasteiger partial charge in [0.05, 0.1) is 30.0 Å². The molecule has 5 heteroatoms. The van der Waals surface area contributed by atoms with Gasteiger partial charge >= 0.3 is 0 Å². The molecule has 1 atom stereocenters. The third-order valence-electron chi connectivity index (χ3n) is 5.38. The molecular weight excluding hydrogens is 400 g/mol. The minimum atomic E-state index is -0.344. The molecule has 0 aliphatic heterocycles. The molecule has 0 aliphatic rings. The van der Waals surface area contributed by atoms with Crippen LogP contribution in [0, 0.1) is 0 Å². The summed E-state index contributed by atoms with van der Waals surface area (Å²) >= 11 is 0. The summed E-state index contributed by atoms with van der Waals surface area (Å²) in [6.07, 6.45) is 0. The zero-order valence-corrected chi connectivity index (χ0v) is 18.0. The minimum absolute atomic E-state index is 0.173. The Hall–Kier alpha value is -4.12. The van der Waals surface area contributed by atoms with E-state index >= 15 is 0 Å². The molecule has 0 aliphatic carbocycles. The largest absolute Gasteiger partial charge is 0.496 e. The molecule has 4 aromatic carbocycles. The first-order valence-corrected chi connectivity index (χ1v) is 10.4. The maximum absolute atomic E-state index is 13.1. The average Bonchev–Trinajstić information content (AvgIpc) is 2.83. The van der Waals surface area contributed by atoms with Crippen LogP contribution in [-0.2, 0) is 0 Å². The van der Waals surface area contributed by atoms with Crippen molar-refractivity contribution in [2.45, 2.75) is 13.0 Å². The quantitative estimate of drug-likeness (QED) is 0.424. The summed E-state index contributed by atoms with van der Waals surface area (Å²) in [4.78, 5) is 26.1. The van der Waals surface area contributed by atoms with Gasteiger partial charge in [-0.3, -0.25) is 9.59 Å². The predicted octanol–water partition coefficient (Wildman–Crippen LogP) is 5.59. The van der Waals surface area contributed by atoms with Crippen molar-refractivity contribution in [2.75, 3.05) is 12.4 Å². The first kappa shape index (κ1) is 21.1. The molecule has 0 bridgehead atoms. The highest BCUT2D eigenvalue weighted by molar-refractivity contribution is 6.11. The number of para-hydroxylation sites is 1. The summed E-state index contributed by atoms with van der Waals surface area (Å²) in [7, 11) is 1.53. The second-order valence-corrected chi connectivity index (χ2v) is 7.51. The molecule has 0 saturated heterocycles. The maximum Gasteiger partial charge on any atom is 0.259 e. The number of benzene rings is 4. The van der Waals surface area contributed by atoms with Gasteiger partial charge in [0.2, 0.25) is 0 Å². The lowest BCUT2D eigenvalue weighted by atomic mass is 10.0. The van der Waals surface area contributed by atoms with Crippen LogP contribution in [0.2, 0.25) is 0 Å². The van der Waals surface area contributed by atoms with Gasteiger partial charge < -0.3 is 15.4 Å². The van der Waals surface area contributed by atoms with E-state index < -0.39 is 0 Å². The Bertz CT molecular complexity index is 1270. The number of nitrogens with one attached hydrogen (secondary N) is 2. The third-order valence-corrected chi connectivity index (χ3v) is 5.38. The maximum atomic E-state index is 13.1. The molecule has 4 rings (SSSR count). The van der Waals surface area contributed by atoms with Crippen LogP contribution >= 0.6 is 0 Å². The molecule has 0 heterocycles. The Morgan fingerprint density at radius 2 is 1.38 bits per heavy atom. The van der Waals surface area contributed by atoms with Crippen LogP contribution in [-0.4, -0.2) is 18.9 Å². The number of methoxy groups -OCH3 is 1. The fourth-order valence-electron chi connectivity index (χ4n) is 3.64. The number of anilines is 1. The number of rotatable bonds is 6. The van der Waals surface area contributed by atoms with E-state index in [-0.39, 0.29) is 17.9 Å². The summed E-state index contributed by atoms with van der Waals surface area (Å²) in [6, 6.07) is 27.9. The van der Waals surface area contributed by atoms with Crippen LogP contribution in [0.5, 0.6) is 5.75 Å². The van der Waals surface area contributed by atoms with Crippen LogP contribution in [0.25, 0.3) is 10.8 Å². The lowest BCUT2D eigenvalue weighted by Crippen LogP contribution is -2.28. The first-order valence-electron chi connectivity index (χ1n) is 10.4. The van der Waals surface area contributed by atoms with Crippen molar-refractivity contribution in [3.63, 3.8) is 0 Å². The van der Waals surface area contributed by atoms with E-state index in [0.717, 1.165) is 16.3 Å². The monoisotopic (exact) mass is 424 g/mol. The van der Waals surface area contributed by atoms with Gasteiger partial charge in [-0.25, -0.2) is 0 Å². The summed E-state index contributed by atoms with van der Waals surface area (Å²) in [5.41, 5.74) is 2.23. The van der Waals surface area contributed by atoms with Gasteiger partial charge in [0.25, 0.3) is 11.8 Å². The second kappa shape index (κ2) is 9.35. The molecular formula is C27H24N2O3. The van der Waals surface area contributed by atoms with Crippen molar-refractivity contribution >= 4 is 28.3 Å². The molecule has 160 valence electrons. The fourth-order valence-corrected chi connectivity index (χ4v) is 3.64. The summed E-state index contributed by atoms with van der Waals surface area (Å²) in [6.45, 7) is 1.92. The molecule has 4 aromatic rings. The summed E-state index contributed by atoms with van der Waals surface area (Å²) < 4.78 is 5.45. The minimum Gasteiger partial charge on any atom is -0.496 e. The first-order chi connectivity index (χ1) is 15.6. The average molecular weight is 425 g/mol. The van der Waals surface area contributed by atoms with E-state index in [1.807, 2.05) is 67.6 Å². The summed E-state index contributed by atoms with van der Waals surface area (Å²) in [5, 5.41) is 7.79. The smallest absolute Gasteiger partial charge is 0.259 e. The Kier molecular flexibility index (Phi) is 6.17. The molecule has 0 saturated carbocycles. The van der Waals surface area contributed by atoms with Gasteiger partial charge in [0.1, 0.15) is 5.75 Å². The zero-order valence-electron chi connectivity index (χ0n) is 18.0. The van der Waals surface area contributed by atoms with Crippen molar-refractivity contribution in [2.24, 2.45) is 0 Å². The second-order valence-electron chi connectivity index (χ2n) is 7.51. The Labute approximate surface area is 187 Å². The van der Waals surface area contributed by atoms with Crippen LogP contribution < -0.4 is 15.4 Å². The van der Waals surface area contributed by atoms with Crippen molar-refractivity contribution in [1.29, 1.82) is 0 Å². The van der Waals surface area contributed by atoms with Gasteiger partial charge in [-0.15, -0.1) is 0 Å². The molecule has 2 N–H and O–H groups in total. The van der Waals surface area contributed by atoms with E-state index in [1.54, 1.807) is 30.3 Å². The molecule has 0 spiro atoms. The molecule has 0 aromatic heterocycles. The van der Waals surface area contributed by atoms with Gasteiger partial charge in [-0.05, 0) is 47.5 Å². The predicted molar refractivity (Wildman–Crippen MR) is 127 cm³/mol. The topological polar surface area (TPSA) is 67.4 Å². The van der Waals surface area contributed by atoms with Crippen LogP contribution in [0.3, 0.4) is 0 Å². The summed E-state index contributed by atoms with van der Waals surface area (Å²) in [5.74, 6) is -0.132. The lowest BCUT2D eigenvalue weighted by Gasteiger charge is -2.17. The molecule has 0 unspecified atom stereocenters. The number of carbonyl (C=O) groups excluding carboxylic acids is 2. The number of carbonyl (C=O) groups is 2. The molecule has 0 fully saturated rings. The number of amides is 2. The highest BCUT2D eigenvalue weighted by atomic mass is 16.5. The molecule has 0 radical (unpaired) electrons. The van der Waals surface area contributed by atoms with Crippen molar-refractivity contribution in [1.82, 2.24) is 5.32 Å². The number of fused-ring (bicyclic) bond motifs is 1. The van der Waals surface area contributed by atoms with Crippen LogP contribution in [0.1, 0.15) is 39.2 Å². The van der Waals surface area contributed by atoms with E-state index in [0.29, 0.717) is 22.6 Å². The van der Waals surface area contributed by atoms with Gasteiger partial charge in [0, 0.05) is 0 Å². The molecule has 32 heavy (non-hydrogen) atoms. The Morgan fingerprint density at radius 3 is 2.09 bits per heavy atom. The zero-order chi connectivity index (χ0) is 22.5. The number of hydrogen-bond acceptors (Lipinski definition) is 3. The number of ether oxygens (including phenoxy) is 1. The Morgan fingerprint density at radius 1 is 0.750 bits per heavy atom. The lowest BCUT2D eigenvalue weighted by molar-refractivity contribution is 0.0941. The highest BCUT2D eigenvalue weighted by Crippen LogP contribution is 2.27. The molecule has 2 amide bonds. The molecule has 5 nitrogen and oxygen atoms in total. The SMILES string of the molecule is COc1cc2ccccc2cc1C(=O)Nc1ccccc1C(=O)N[C@H](C)c1ccccc1.